The molecule has 100 valence electrons. The summed E-state index contributed by atoms with van der Waals surface area (Å²) in [5.74, 6) is -1.25. The molecule has 0 spiro atoms. The molecule has 2 unspecified atom stereocenters. The number of esters is 1. The van der Waals surface area contributed by atoms with Crippen molar-refractivity contribution in [1.82, 2.24) is 4.90 Å². The SMILES string of the molecule is C=CC(=O)OC(N)CC.CC(C(=O)O)N(C)C. The van der Waals surface area contributed by atoms with Crippen LogP contribution in [0, 0.1) is 0 Å². The molecule has 0 saturated heterocycles. The fourth-order valence-corrected chi connectivity index (χ4v) is 0.502. The number of carbonyl (C=O) groups is 2. The number of rotatable bonds is 5. The Balaban J connectivity index is 0. The van der Waals surface area contributed by atoms with E-state index in [1.807, 2.05) is 6.92 Å². The van der Waals surface area contributed by atoms with Crippen molar-refractivity contribution in [3.8, 4) is 0 Å². The van der Waals surface area contributed by atoms with Gasteiger partial charge in [0.05, 0.1) is 0 Å². The standard InChI is InChI=1S/C6H11NO2.C5H11NO2/c1-3-5(7)9-6(8)4-2;1-4(5(7)8)6(2)3/h4-5H,2-3,7H2,1H3;4H,1-3H3,(H,7,8). The average Bonchev–Trinajstić information content (AvgIpc) is 2.28. The number of likely N-dealkylation sites (N-methyl/N-ethyl adjacent to an activating group) is 1. The zero-order valence-corrected chi connectivity index (χ0v) is 10.8. The van der Waals surface area contributed by atoms with Crippen LogP contribution in [0.4, 0.5) is 0 Å². The van der Waals surface area contributed by atoms with E-state index in [1.54, 1.807) is 25.9 Å². The molecule has 0 aromatic carbocycles. The molecule has 0 aliphatic rings. The Morgan fingerprint density at radius 3 is 2.18 bits per heavy atom. The normalized spacial score (nSPS) is 13.1. The number of carboxylic acids is 1. The van der Waals surface area contributed by atoms with Crippen LogP contribution in [0.1, 0.15) is 20.3 Å². The van der Waals surface area contributed by atoms with Crippen molar-refractivity contribution in [2.45, 2.75) is 32.5 Å². The number of aliphatic carboxylic acids is 1. The molecule has 3 N–H and O–H groups in total. The van der Waals surface area contributed by atoms with Gasteiger partial charge in [0.25, 0.3) is 0 Å². The number of ether oxygens (including phenoxy) is 1. The van der Waals surface area contributed by atoms with Crippen LogP contribution in [0.3, 0.4) is 0 Å². The highest BCUT2D eigenvalue weighted by molar-refractivity contribution is 5.81. The van der Waals surface area contributed by atoms with Crippen molar-refractivity contribution >= 4 is 11.9 Å². The highest BCUT2D eigenvalue weighted by Crippen LogP contribution is 1.89. The van der Waals surface area contributed by atoms with Gasteiger partial charge in [-0.3, -0.25) is 15.4 Å². The van der Waals surface area contributed by atoms with E-state index in [-0.39, 0.29) is 6.04 Å². The summed E-state index contributed by atoms with van der Waals surface area (Å²) in [6.45, 7) is 6.69. The van der Waals surface area contributed by atoms with Gasteiger partial charge >= 0.3 is 11.9 Å². The lowest BCUT2D eigenvalue weighted by atomic mass is 10.3. The van der Waals surface area contributed by atoms with E-state index in [0.29, 0.717) is 6.42 Å². The van der Waals surface area contributed by atoms with E-state index in [9.17, 15) is 9.59 Å². The second-order valence-electron chi connectivity index (χ2n) is 3.57. The van der Waals surface area contributed by atoms with Crippen molar-refractivity contribution in [3.63, 3.8) is 0 Å². The zero-order valence-electron chi connectivity index (χ0n) is 10.8. The van der Waals surface area contributed by atoms with Crippen LogP contribution >= 0.6 is 0 Å². The molecule has 0 saturated carbocycles. The summed E-state index contributed by atoms with van der Waals surface area (Å²) < 4.78 is 4.57. The van der Waals surface area contributed by atoms with Gasteiger partial charge in [-0.15, -0.1) is 0 Å². The molecule has 0 aromatic rings. The van der Waals surface area contributed by atoms with E-state index in [4.69, 9.17) is 10.8 Å². The number of carboxylic acid groups (broad SMARTS) is 1. The predicted octanol–water partition coefficient (Wildman–Crippen LogP) is 0.432. The minimum atomic E-state index is -0.782. The Morgan fingerprint density at radius 2 is 2.00 bits per heavy atom. The first kappa shape index (κ1) is 18.0. The highest BCUT2D eigenvalue weighted by Gasteiger charge is 2.11. The van der Waals surface area contributed by atoms with Crippen molar-refractivity contribution in [3.05, 3.63) is 12.7 Å². The predicted molar refractivity (Wildman–Crippen MR) is 65.3 cm³/mol. The van der Waals surface area contributed by atoms with Gasteiger partial charge in [0.1, 0.15) is 6.04 Å². The third-order valence-electron chi connectivity index (χ3n) is 1.97. The van der Waals surface area contributed by atoms with Crippen molar-refractivity contribution in [2.24, 2.45) is 5.73 Å². The number of nitrogens with zero attached hydrogens (tertiary/aromatic N) is 1. The van der Waals surface area contributed by atoms with Crippen LogP contribution < -0.4 is 5.73 Å². The molecule has 0 heterocycles. The third-order valence-corrected chi connectivity index (χ3v) is 1.97. The van der Waals surface area contributed by atoms with Crippen LogP contribution in [0.2, 0.25) is 0 Å². The average molecular weight is 246 g/mol. The first-order chi connectivity index (χ1) is 7.76. The fraction of sp³-hybridized carbons (Fsp3) is 0.636. The minimum Gasteiger partial charge on any atom is -0.480 e. The lowest BCUT2D eigenvalue weighted by Crippen LogP contribution is -2.32. The maximum absolute atomic E-state index is 10.4. The van der Waals surface area contributed by atoms with E-state index >= 15 is 0 Å². The molecule has 0 aliphatic carbocycles. The molecule has 17 heavy (non-hydrogen) atoms. The molecule has 0 aliphatic heterocycles. The molecule has 6 nitrogen and oxygen atoms in total. The summed E-state index contributed by atoms with van der Waals surface area (Å²) in [6.07, 6.45) is 1.23. The third kappa shape index (κ3) is 10.9. The Hall–Kier alpha value is -1.40. The highest BCUT2D eigenvalue weighted by atomic mass is 16.6. The zero-order chi connectivity index (χ0) is 14.0. The van der Waals surface area contributed by atoms with Gasteiger partial charge in [-0.05, 0) is 27.4 Å². The summed E-state index contributed by atoms with van der Waals surface area (Å²) in [4.78, 5) is 22.1. The summed E-state index contributed by atoms with van der Waals surface area (Å²) in [6, 6.07) is -0.380. The van der Waals surface area contributed by atoms with Crippen LogP contribution in [0.15, 0.2) is 12.7 Å². The van der Waals surface area contributed by atoms with Crippen LogP contribution in [0.5, 0.6) is 0 Å². The molecule has 0 radical (unpaired) electrons. The molecule has 6 heteroatoms. The second-order valence-corrected chi connectivity index (χ2v) is 3.57. The maximum Gasteiger partial charge on any atom is 0.331 e. The smallest absolute Gasteiger partial charge is 0.331 e. The molecule has 0 amide bonds. The van der Waals surface area contributed by atoms with Gasteiger partial charge in [0.15, 0.2) is 6.23 Å². The summed E-state index contributed by atoms with van der Waals surface area (Å²) in [5.41, 5.74) is 5.26. The largest absolute Gasteiger partial charge is 0.480 e. The molecule has 2 atom stereocenters. The first-order valence-electron chi connectivity index (χ1n) is 5.24. The minimum absolute atomic E-state index is 0.380. The second kappa shape index (κ2) is 9.80. The maximum atomic E-state index is 10.4. The first-order valence-corrected chi connectivity index (χ1v) is 5.24. The van der Waals surface area contributed by atoms with Gasteiger partial charge < -0.3 is 9.84 Å². The summed E-state index contributed by atoms with van der Waals surface area (Å²) in [7, 11) is 3.47. The molecule has 0 fully saturated rings. The van der Waals surface area contributed by atoms with E-state index in [0.717, 1.165) is 6.08 Å². The number of hydrogen-bond acceptors (Lipinski definition) is 5. The van der Waals surface area contributed by atoms with Crippen LogP contribution in [0.25, 0.3) is 0 Å². The number of hydrogen-bond donors (Lipinski definition) is 2. The summed E-state index contributed by atoms with van der Waals surface area (Å²) in [5, 5.41) is 8.31. The van der Waals surface area contributed by atoms with E-state index in [1.165, 1.54) is 0 Å². The van der Waals surface area contributed by atoms with Crippen molar-refractivity contribution < 1.29 is 19.4 Å². The molecule has 0 rings (SSSR count). The van der Waals surface area contributed by atoms with Gasteiger partial charge in [0, 0.05) is 6.08 Å². The van der Waals surface area contributed by atoms with Gasteiger partial charge in [-0.2, -0.15) is 0 Å². The Kier molecular flexibility index (Phi) is 10.4. The number of carbonyl (C=O) groups excluding carboxylic acids is 1. The molecule has 0 aromatic heterocycles. The quantitative estimate of drug-likeness (QED) is 0.415. The van der Waals surface area contributed by atoms with E-state index < -0.39 is 18.2 Å². The van der Waals surface area contributed by atoms with Gasteiger partial charge in [0.2, 0.25) is 0 Å². The van der Waals surface area contributed by atoms with Crippen molar-refractivity contribution in [1.29, 1.82) is 0 Å². The van der Waals surface area contributed by atoms with Gasteiger partial charge in [-0.1, -0.05) is 13.5 Å². The lowest BCUT2D eigenvalue weighted by molar-refractivity contribution is -0.143. The summed E-state index contributed by atoms with van der Waals surface area (Å²) >= 11 is 0. The van der Waals surface area contributed by atoms with Crippen LogP contribution in [-0.2, 0) is 14.3 Å². The van der Waals surface area contributed by atoms with E-state index in [2.05, 4.69) is 11.3 Å². The van der Waals surface area contributed by atoms with Crippen LogP contribution in [-0.4, -0.2) is 48.3 Å². The number of nitrogens with two attached hydrogens (primary N) is 1. The molecular formula is C11H22N2O4. The molecular weight excluding hydrogens is 224 g/mol. The Labute approximate surface area is 102 Å². The lowest BCUT2D eigenvalue weighted by Gasteiger charge is -2.13. The Morgan fingerprint density at radius 1 is 1.53 bits per heavy atom. The van der Waals surface area contributed by atoms with Crippen molar-refractivity contribution in [2.75, 3.05) is 14.1 Å². The van der Waals surface area contributed by atoms with Gasteiger partial charge in [-0.25, -0.2) is 4.79 Å². The fourth-order valence-electron chi connectivity index (χ4n) is 0.502. The monoisotopic (exact) mass is 246 g/mol. The molecule has 0 bridgehead atoms. The topological polar surface area (TPSA) is 92.9 Å². The Bertz CT molecular complexity index is 254.